The maximum atomic E-state index is 6.02. The summed E-state index contributed by atoms with van der Waals surface area (Å²) < 4.78 is 11.2. The predicted molar refractivity (Wildman–Crippen MR) is 71.1 cm³/mol. The van der Waals surface area contributed by atoms with E-state index in [9.17, 15) is 0 Å². The highest BCUT2D eigenvalue weighted by atomic mass is 16.5. The van der Waals surface area contributed by atoms with E-state index in [1.54, 1.807) is 6.26 Å². The summed E-state index contributed by atoms with van der Waals surface area (Å²) in [5.41, 5.74) is 8.35. The Balaban J connectivity index is 2.11. The molecule has 18 heavy (non-hydrogen) atoms. The van der Waals surface area contributed by atoms with Crippen LogP contribution >= 0.6 is 0 Å². The molecule has 0 radical (unpaired) electrons. The Kier molecular flexibility index (Phi) is 4.18. The van der Waals surface area contributed by atoms with Crippen molar-refractivity contribution in [3.63, 3.8) is 0 Å². The molecule has 2 N–H and O–H groups in total. The zero-order chi connectivity index (χ0) is 13.0. The molecule has 2 atom stereocenters. The Morgan fingerprint density at radius 2 is 2.00 bits per heavy atom. The number of nitrogens with two attached hydrogens (primary N) is 1. The van der Waals surface area contributed by atoms with Gasteiger partial charge in [0.25, 0.3) is 0 Å². The Bertz CT molecular complexity index is 477. The van der Waals surface area contributed by atoms with E-state index in [1.807, 2.05) is 31.2 Å². The molecule has 3 heteroatoms. The Morgan fingerprint density at radius 3 is 2.61 bits per heavy atom. The minimum absolute atomic E-state index is 0.0685. The van der Waals surface area contributed by atoms with Crippen LogP contribution in [0.4, 0.5) is 0 Å². The van der Waals surface area contributed by atoms with E-state index in [1.165, 1.54) is 5.56 Å². The normalized spacial score (nSPS) is 14.4. The molecule has 0 spiro atoms. The van der Waals surface area contributed by atoms with Crippen LogP contribution in [-0.2, 0) is 11.3 Å². The van der Waals surface area contributed by atoms with Crippen molar-refractivity contribution in [2.45, 2.75) is 32.6 Å². The maximum Gasteiger partial charge on any atom is 0.129 e. The monoisotopic (exact) mass is 245 g/mol. The Labute approximate surface area is 108 Å². The topological polar surface area (TPSA) is 48.4 Å². The number of ether oxygens (including phenoxy) is 1. The largest absolute Gasteiger partial charge is 0.467 e. The molecule has 0 saturated heterocycles. The van der Waals surface area contributed by atoms with Crippen molar-refractivity contribution in [2.24, 2.45) is 5.73 Å². The van der Waals surface area contributed by atoms with E-state index in [2.05, 4.69) is 19.1 Å². The number of hydrogen-bond donors (Lipinski definition) is 1. The molecule has 1 heterocycles. The minimum Gasteiger partial charge on any atom is -0.467 e. The lowest BCUT2D eigenvalue weighted by molar-refractivity contribution is 0.0166. The van der Waals surface area contributed by atoms with Gasteiger partial charge in [0.1, 0.15) is 12.4 Å². The summed E-state index contributed by atoms with van der Waals surface area (Å²) >= 11 is 0. The summed E-state index contributed by atoms with van der Waals surface area (Å²) in [5.74, 6) is 0.814. The highest BCUT2D eigenvalue weighted by Gasteiger charge is 2.19. The zero-order valence-electron chi connectivity index (χ0n) is 10.8. The summed E-state index contributed by atoms with van der Waals surface area (Å²) in [4.78, 5) is 0. The highest BCUT2D eigenvalue weighted by molar-refractivity contribution is 5.28. The van der Waals surface area contributed by atoms with Gasteiger partial charge in [-0.2, -0.15) is 0 Å². The van der Waals surface area contributed by atoms with Gasteiger partial charge in [-0.3, -0.25) is 0 Å². The number of aryl methyl sites for hydroxylation is 1. The van der Waals surface area contributed by atoms with Crippen LogP contribution in [0.2, 0.25) is 0 Å². The molecule has 0 aliphatic heterocycles. The number of hydrogen-bond acceptors (Lipinski definition) is 3. The van der Waals surface area contributed by atoms with Gasteiger partial charge in [-0.15, -0.1) is 0 Å². The van der Waals surface area contributed by atoms with Gasteiger partial charge in [0.2, 0.25) is 0 Å². The third-order valence-electron chi connectivity index (χ3n) is 2.96. The van der Waals surface area contributed by atoms with Crippen LogP contribution in [0.3, 0.4) is 0 Å². The van der Waals surface area contributed by atoms with Crippen LogP contribution in [0, 0.1) is 6.92 Å². The smallest absolute Gasteiger partial charge is 0.129 e. The van der Waals surface area contributed by atoms with Crippen molar-refractivity contribution in [2.75, 3.05) is 0 Å². The van der Waals surface area contributed by atoms with Crippen LogP contribution in [0.15, 0.2) is 47.1 Å². The van der Waals surface area contributed by atoms with E-state index in [-0.39, 0.29) is 12.1 Å². The summed E-state index contributed by atoms with van der Waals surface area (Å²) in [6.07, 6.45) is 1.53. The lowest BCUT2D eigenvalue weighted by Crippen LogP contribution is -2.27. The molecular formula is C15H19NO2. The van der Waals surface area contributed by atoms with E-state index < -0.39 is 0 Å². The van der Waals surface area contributed by atoms with Gasteiger partial charge in [0, 0.05) is 6.04 Å². The molecule has 0 fully saturated rings. The molecule has 0 saturated carbocycles. The molecule has 3 nitrogen and oxygen atoms in total. The first-order valence-corrected chi connectivity index (χ1v) is 6.13. The number of benzene rings is 1. The van der Waals surface area contributed by atoms with Crippen molar-refractivity contribution in [1.29, 1.82) is 0 Å². The Morgan fingerprint density at radius 1 is 1.22 bits per heavy atom. The molecule has 1 aromatic heterocycles. The SMILES string of the molecule is Cc1ccccc1C(OCc1ccco1)C(C)N. The van der Waals surface area contributed by atoms with Crippen molar-refractivity contribution in [3.8, 4) is 0 Å². The van der Waals surface area contributed by atoms with E-state index in [4.69, 9.17) is 14.9 Å². The zero-order valence-corrected chi connectivity index (χ0v) is 10.8. The van der Waals surface area contributed by atoms with Crippen molar-refractivity contribution >= 4 is 0 Å². The molecule has 96 valence electrons. The lowest BCUT2D eigenvalue weighted by Gasteiger charge is -2.23. The van der Waals surface area contributed by atoms with Crippen LogP contribution in [0.1, 0.15) is 29.9 Å². The van der Waals surface area contributed by atoms with Gasteiger partial charge in [-0.25, -0.2) is 0 Å². The molecule has 0 aliphatic carbocycles. The van der Waals surface area contributed by atoms with Gasteiger partial charge in [-0.1, -0.05) is 24.3 Å². The van der Waals surface area contributed by atoms with Crippen molar-refractivity contribution in [1.82, 2.24) is 0 Å². The summed E-state index contributed by atoms with van der Waals surface area (Å²) in [5, 5.41) is 0. The first-order valence-electron chi connectivity index (χ1n) is 6.13. The summed E-state index contributed by atoms with van der Waals surface area (Å²) in [6, 6.07) is 11.8. The second-order valence-electron chi connectivity index (χ2n) is 4.53. The molecule has 2 rings (SSSR count). The standard InChI is InChI=1S/C15H19NO2/c1-11-6-3-4-8-14(11)15(12(2)16)18-10-13-7-5-9-17-13/h3-9,12,15H,10,16H2,1-2H3. The van der Waals surface area contributed by atoms with Gasteiger partial charge in [0.15, 0.2) is 0 Å². The molecule has 1 aromatic carbocycles. The molecule has 0 amide bonds. The summed E-state index contributed by atoms with van der Waals surface area (Å²) in [6.45, 7) is 4.47. The van der Waals surface area contributed by atoms with Crippen molar-refractivity contribution < 1.29 is 9.15 Å². The van der Waals surface area contributed by atoms with Crippen molar-refractivity contribution in [3.05, 3.63) is 59.5 Å². The van der Waals surface area contributed by atoms with Crippen LogP contribution in [0.25, 0.3) is 0 Å². The fraction of sp³-hybridized carbons (Fsp3) is 0.333. The van der Waals surface area contributed by atoms with Gasteiger partial charge < -0.3 is 14.9 Å². The first kappa shape index (κ1) is 12.9. The average Bonchev–Trinajstić information content (AvgIpc) is 2.84. The molecule has 2 aromatic rings. The minimum atomic E-state index is -0.115. The van der Waals surface area contributed by atoms with Crippen LogP contribution < -0.4 is 5.73 Å². The number of rotatable bonds is 5. The van der Waals surface area contributed by atoms with Crippen LogP contribution in [0.5, 0.6) is 0 Å². The third-order valence-corrected chi connectivity index (χ3v) is 2.96. The first-order chi connectivity index (χ1) is 8.68. The second-order valence-corrected chi connectivity index (χ2v) is 4.53. The fourth-order valence-corrected chi connectivity index (χ4v) is 2.00. The van der Waals surface area contributed by atoms with Crippen LogP contribution in [-0.4, -0.2) is 6.04 Å². The average molecular weight is 245 g/mol. The van der Waals surface area contributed by atoms with Gasteiger partial charge in [-0.05, 0) is 37.1 Å². The molecular weight excluding hydrogens is 226 g/mol. The predicted octanol–water partition coefficient (Wildman–Crippen LogP) is 3.19. The van der Waals surface area contributed by atoms with Gasteiger partial charge in [0.05, 0.1) is 12.4 Å². The van der Waals surface area contributed by atoms with E-state index in [0.717, 1.165) is 11.3 Å². The highest BCUT2D eigenvalue weighted by Crippen LogP contribution is 2.24. The Hall–Kier alpha value is -1.58. The number of furan rings is 1. The molecule has 0 aliphatic rings. The van der Waals surface area contributed by atoms with Gasteiger partial charge >= 0.3 is 0 Å². The van der Waals surface area contributed by atoms with E-state index >= 15 is 0 Å². The third kappa shape index (κ3) is 3.00. The summed E-state index contributed by atoms with van der Waals surface area (Å²) in [7, 11) is 0. The van der Waals surface area contributed by atoms with E-state index in [0.29, 0.717) is 6.61 Å². The lowest BCUT2D eigenvalue weighted by atomic mass is 9.99. The quantitative estimate of drug-likeness (QED) is 0.880. The fourth-order valence-electron chi connectivity index (χ4n) is 2.00. The molecule has 0 bridgehead atoms. The second kappa shape index (κ2) is 5.85. The maximum absolute atomic E-state index is 6.02. The molecule has 2 unspecified atom stereocenters.